The van der Waals surface area contributed by atoms with Crippen molar-refractivity contribution >= 4 is 22.9 Å². The van der Waals surface area contributed by atoms with Gasteiger partial charge in [-0.05, 0) is 25.0 Å². The van der Waals surface area contributed by atoms with Gasteiger partial charge in [0.15, 0.2) is 0 Å². The highest BCUT2D eigenvalue weighted by Crippen LogP contribution is 2.28. The van der Waals surface area contributed by atoms with Crippen molar-refractivity contribution in [1.29, 1.82) is 0 Å². The molecule has 102 valence electrons. The second kappa shape index (κ2) is 6.89. The van der Waals surface area contributed by atoms with Crippen molar-refractivity contribution in [1.82, 2.24) is 4.98 Å². The summed E-state index contributed by atoms with van der Waals surface area (Å²) in [6, 6.07) is 5.78. The topological polar surface area (TPSA) is 48.1 Å². The minimum Gasteiger partial charge on any atom is -0.487 e. The summed E-state index contributed by atoms with van der Waals surface area (Å²) in [6.07, 6.45) is 1.64. The van der Waals surface area contributed by atoms with Gasteiger partial charge in [0.2, 0.25) is 0 Å². The average molecular weight is 297 g/mol. The van der Waals surface area contributed by atoms with Crippen molar-refractivity contribution in [3.05, 3.63) is 45.4 Å². The highest BCUT2D eigenvalue weighted by molar-refractivity contribution is 7.07. The Labute approximate surface area is 122 Å². The maximum Gasteiger partial charge on any atom is 0.131 e. The molecule has 0 fully saturated rings. The Morgan fingerprint density at radius 3 is 3.00 bits per heavy atom. The van der Waals surface area contributed by atoms with E-state index in [2.05, 4.69) is 11.9 Å². The zero-order chi connectivity index (χ0) is 13.7. The van der Waals surface area contributed by atoms with Gasteiger partial charge in [0.05, 0.1) is 11.2 Å². The Hall–Kier alpha value is -1.10. The maximum absolute atomic E-state index is 6.24. The molecule has 0 aliphatic carbocycles. The van der Waals surface area contributed by atoms with E-state index >= 15 is 0 Å². The fourth-order valence-corrected chi connectivity index (χ4v) is 2.53. The molecule has 2 rings (SSSR count). The van der Waals surface area contributed by atoms with Gasteiger partial charge in [-0.15, -0.1) is 11.3 Å². The number of aromatic nitrogens is 1. The molecule has 1 heterocycles. The first-order chi connectivity index (χ1) is 9.20. The van der Waals surface area contributed by atoms with Crippen molar-refractivity contribution in [3.8, 4) is 5.75 Å². The van der Waals surface area contributed by atoms with E-state index in [1.807, 2.05) is 23.6 Å². The largest absolute Gasteiger partial charge is 0.487 e. The molecule has 1 aromatic heterocycles. The van der Waals surface area contributed by atoms with Gasteiger partial charge in [0.25, 0.3) is 0 Å². The predicted molar refractivity (Wildman–Crippen MR) is 79.9 cm³/mol. The SMILES string of the molecule is CCC(N)Cc1c(Cl)cccc1OCc1cscn1. The van der Waals surface area contributed by atoms with E-state index < -0.39 is 0 Å². The first kappa shape index (κ1) is 14.3. The molecule has 1 aromatic carbocycles. The lowest BCUT2D eigenvalue weighted by atomic mass is 10.0. The molecule has 5 heteroatoms. The Balaban J connectivity index is 2.12. The first-order valence-corrected chi connectivity index (χ1v) is 7.55. The van der Waals surface area contributed by atoms with Gasteiger partial charge in [-0.2, -0.15) is 0 Å². The van der Waals surface area contributed by atoms with Crippen LogP contribution in [0.1, 0.15) is 24.6 Å². The second-order valence-electron chi connectivity index (χ2n) is 4.36. The second-order valence-corrected chi connectivity index (χ2v) is 5.48. The van der Waals surface area contributed by atoms with E-state index in [0.717, 1.165) is 29.8 Å². The molecule has 1 unspecified atom stereocenters. The molecule has 0 aliphatic rings. The number of nitrogens with two attached hydrogens (primary N) is 1. The van der Waals surface area contributed by atoms with Gasteiger partial charge in [0.1, 0.15) is 12.4 Å². The van der Waals surface area contributed by atoms with E-state index in [4.69, 9.17) is 22.1 Å². The van der Waals surface area contributed by atoms with Crippen molar-refractivity contribution in [2.45, 2.75) is 32.4 Å². The van der Waals surface area contributed by atoms with Crippen molar-refractivity contribution in [2.24, 2.45) is 5.73 Å². The molecule has 19 heavy (non-hydrogen) atoms. The molecule has 1 atom stereocenters. The van der Waals surface area contributed by atoms with E-state index in [1.165, 1.54) is 0 Å². The third kappa shape index (κ3) is 3.93. The molecular formula is C14H17ClN2OS. The van der Waals surface area contributed by atoms with Crippen LogP contribution in [0.5, 0.6) is 5.75 Å². The van der Waals surface area contributed by atoms with Crippen LogP contribution in [-0.4, -0.2) is 11.0 Å². The van der Waals surface area contributed by atoms with Gasteiger partial charge in [-0.1, -0.05) is 24.6 Å². The normalized spacial score (nSPS) is 12.4. The summed E-state index contributed by atoms with van der Waals surface area (Å²) in [5.74, 6) is 0.796. The van der Waals surface area contributed by atoms with Gasteiger partial charge in [0, 0.05) is 22.0 Å². The lowest BCUT2D eigenvalue weighted by Gasteiger charge is -2.15. The van der Waals surface area contributed by atoms with Gasteiger partial charge >= 0.3 is 0 Å². The Morgan fingerprint density at radius 1 is 1.47 bits per heavy atom. The van der Waals surface area contributed by atoms with Crippen LogP contribution >= 0.6 is 22.9 Å². The summed E-state index contributed by atoms with van der Waals surface area (Å²) in [5, 5.41) is 2.68. The first-order valence-electron chi connectivity index (χ1n) is 6.23. The molecule has 0 aliphatic heterocycles. The number of ether oxygens (including phenoxy) is 1. The fourth-order valence-electron chi connectivity index (χ4n) is 1.74. The molecule has 2 aromatic rings. The molecule has 0 radical (unpaired) electrons. The van der Waals surface area contributed by atoms with Crippen LogP contribution in [0.3, 0.4) is 0 Å². The van der Waals surface area contributed by atoms with E-state index in [-0.39, 0.29) is 6.04 Å². The molecule has 0 bridgehead atoms. The zero-order valence-electron chi connectivity index (χ0n) is 10.8. The highest BCUT2D eigenvalue weighted by atomic mass is 35.5. The van der Waals surface area contributed by atoms with Crippen LogP contribution in [0.4, 0.5) is 0 Å². The molecule has 2 N–H and O–H groups in total. The minimum atomic E-state index is 0.0986. The van der Waals surface area contributed by atoms with Crippen molar-refractivity contribution in [2.75, 3.05) is 0 Å². The monoisotopic (exact) mass is 296 g/mol. The molecule has 0 saturated carbocycles. The van der Waals surface area contributed by atoms with E-state index in [0.29, 0.717) is 11.6 Å². The van der Waals surface area contributed by atoms with Crippen molar-refractivity contribution < 1.29 is 4.74 Å². The number of nitrogens with zero attached hydrogens (tertiary/aromatic N) is 1. The van der Waals surface area contributed by atoms with Crippen LogP contribution in [0.2, 0.25) is 5.02 Å². The number of hydrogen-bond acceptors (Lipinski definition) is 4. The lowest BCUT2D eigenvalue weighted by Crippen LogP contribution is -2.22. The standard InChI is InChI=1S/C14H17ClN2OS/c1-2-10(16)6-12-13(15)4-3-5-14(12)18-7-11-8-19-9-17-11/h3-5,8-10H,2,6-7,16H2,1H3. The summed E-state index contributed by atoms with van der Waals surface area (Å²) >= 11 is 7.80. The van der Waals surface area contributed by atoms with Crippen molar-refractivity contribution in [3.63, 3.8) is 0 Å². The zero-order valence-corrected chi connectivity index (χ0v) is 12.4. The van der Waals surface area contributed by atoms with Crippen LogP contribution in [0.25, 0.3) is 0 Å². The smallest absolute Gasteiger partial charge is 0.131 e. The predicted octanol–water partition coefficient (Wildman–Crippen LogP) is 3.66. The quantitative estimate of drug-likeness (QED) is 0.885. The van der Waals surface area contributed by atoms with Gasteiger partial charge in [-0.3, -0.25) is 0 Å². The van der Waals surface area contributed by atoms with Crippen LogP contribution in [0.15, 0.2) is 29.1 Å². The van der Waals surface area contributed by atoms with Crippen LogP contribution in [0, 0.1) is 0 Å². The Bertz CT molecular complexity index is 516. The average Bonchev–Trinajstić information content (AvgIpc) is 2.92. The molecular weight excluding hydrogens is 280 g/mol. The van der Waals surface area contributed by atoms with E-state index in [9.17, 15) is 0 Å². The lowest BCUT2D eigenvalue weighted by molar-refractivity contribution is 0.298. The number of thiazole rings is 1. The summed E-state index contributed by atoms with van der Waals surface area (Å²) in [5.41, 5.74) is 9.71. The minimum absolute atomic E-state index is 0.0986. The molecule has 3 nitrogen and oxygen atoms in total. The van der Waals surface area contributed by atoms with Gasteiger partial charge in [-0.25, -0.2) is 4.98 Å². The maximum atomic E-state index is 6.24. The van der Waals surface area contributed by atoms with E-state index in [1.54, 1.807) is 16.8 Å². The number of rotatable bonds is 6. The third-order valence-corrected chi connectivity index (χ3v) is 3.91. The number of halogens is 1. The van der Waals surface area contributed by atoms with Crippen LogP contribution < -0.4 is 10.5 Å². The Kier molecular flexibility index (Phi) is 5.19. The third-order valence-electron chi connectivity index (χ3n) is 2.93. The molecule has 0 spiro atoms. The number of hydrogen-bond donors (Lipinski definition) is 1. The summed E-state index contributed by atoms with van der Waals surface area (Å²) in [7, 11) is 0. The van der Waals surface area contributed by atoms with Crippen LogP contribution in [-0.2, 0) is 13.0 Å². The summed E-state index contributed by atoms with van der Waals surface area (Å²) in [4.78, 5) is 4.20. The Morgan fingerprint density at radius 2 is 2.32 bits per heavy atom. The summed E-state index contributed by atoms with van der Waals surface area (Å²) in [6.45, 7) is 2.52. The van der Waals surface area contributed by atoms with Gasteiger partial charge < -0.3 is 10.5 Å². The highest BCUT2D eigenvalue weighted by Gasteiger charge is 2.12. The molecule has 0 saturated heterocycles. The summed E-state index contributed by atoms with van der Waals surface area (Å²) < 4.78 is 5.81. The fraction of sp³-hybridized carbons (Fsp3) is 0.357. The number of benzene rings is 1. The molecule has 0 amide bonds.